The van der Waals surface area contributed by atoms with E-state index in [-0.39, 0.29) is 6.61 Å². The van der Waals surface area contributed by atoms with E-state index in [0.29, 0.717) is 6.54 Å². The van der Waals surface area contributed by atoms with Crippen LogP contribution in [0.2, 0.25) is 0 Å². The highest BCUT2D eigenvalue weighted by Gasteiger charge is 2.08. The molecular weight excluding hydrogens is 194 g/mol. The highest BCUT2D eigenvalue weighted by atomic mass is 16.4. The molecule has 1 aromatic carbocycles. The Bertz CT molecular complexity index is 321. The third-order valence-electron chi connectivity index (χ3n) is 2.19. The van der Waals surface area contributed by atoms with E-state index in [2.05, 4.69) is 5.32 Å². The third kappa shape index (κ3) is 3.69. The molecule has 0 bridgehead atoms. The summed E-state index contributed by atoms with van der Waals surface area (Å²) in [6.07, 6.45) is 0. The van der Waals surface area contributed by atoms with E-state index in [0.717, 1.165) is 11.1 Å². The molecular formula is C11H15NO3. The van der Waals surface area contributed by atoms with Crippen molar-refractivity contribution in [2.45, 2.75) is 26.1 Å². The molecule has 4 heteroatoms. The van der Waals surface area contributed by atoms with Gasteiger partial charge in [-0.3, -0.25) is 4.79 Å². The minimum absolute atomic E-state index is 0.0270. The maximum Gasteiger partial charge on any atom is 0.320 e. The van der Waals surface area contributed by atoms with Crippen LogP contribution in [0.3, 0.4) is 0 Å². The molecule has 0 radical (unpaired) electrons. The third-order valence-corrected chi connectivity index (χ3v) is 2.19. The van der Waals surface area contributed by atoms with Gasteiger partial charge in [0.1, 0.15) is 6.04 Å². The van der Waals surface area contributed by atoms with Crippen molar-refractivity contribution in [1.29, 1.82) is 0 Å². The first-order valence-electron chi connectivity index (χ1n) is 4.78. The molecule has 0 aliphatic carbocycles. The predicted molar refractivity (Wildman–Crippen MR) is 56.3 cm³/mol. The molecule has 0 saturated carbocycles. The summed E-state index contributed by atoms with van der Waals surface area (Å²) >= 11 is 0. The van der Waals surface area contributed by atoms with Crippen LogP contribution >= 0.6 is 0 Å². The number of aliphatic carboxylic acids is 1. The molecule has 0 heterocycles. The topological polar surface area (TPSA) is 69.6 Å². The van der Waals surface area contributed by atoms with Crippen LogP contribution in [0.5, 0.6) is 0 Å². The van der Waals surface area contributed by atoms with Gasteiger partial charge in [-0.1, -0.05) is 24.3 Å². The molecule has 15 heavy (non-hydrogen) atoms. The summed E-state index contributed by atoms with van der Waals surface area (Å²) in [7, 11) is 0. The maximum absolute atomic E-state index is 10.5. The number of rotatable bonds is 5. The molecule has 0 saturated heterocycles. The fourth-order valence-electron chi connectivity index (χ4n) is 1.12. The van der Waals surface area contributed by atoms with Gasteiger partial charge >= 0.3 is 5.97 Å². The van der Waals surface area contributed by atoms with E-state index in [1.54, 1.807) is 6.92 Å². The zero-order chi connectivity index (χ0) is 11.3. The van der Waals surface area contributed by atoms with E-state index in [1.165, 1.54) is 0 Å². The average Bonchev–Trinajstić information content (AvgIpc) is 2.26. The summed E-state index contributed by atoms with van der Waals surface area (Å²) < 4.78 is 0. The van der Waals surface area contributed by atoms with Gasteiger partial charge in [0.2, 0.25) is 0 Å². The van der Waals surface area contributed by atoms with Gasteiger partial charge in [-0.25, -0.2) is 0 Å². The molecule has 1 rings (SSSR count). The van der Waals surface area contributed by atoms with Crippen molar-refractivity contribution < 1.29 is 15.0 Å². The Morgan fingerprint density at radius 3 is 2.33 bits per heavy atom. The van der Waals surface area contributed by atoms with Crippen LogP contribution in [0.25, 0.3) is 0 Å². The number of carboxylic acid groups (broad SMARTS) is 1. The van der Waals surface area contributed by atoms with Crippen molar-refractivity contribution in [2.75, 3.05) is 0 Å². The van der Waals surface area contributed by atoms with E-state index in [4.69, 9.17) is 10.2 Å². The molecule has 1 aromatic rings. The number of aliphatic hydroxyl groups is 1. The van der Waals surface area contributed by atoms with Crippen molar-refractivity contribution in [3.8, 4) is 0 Å². The summed E-state index contributed by atoms with van der Waals surface area (Å²) in [6.45, 7) is 2.14. The van der Waals surface area contributed by atoms with Crippen LogP contribution in [0.4, 0.5) is 0 Å². The molecule has 0 fully saturated rings. The van der Waals surface area contributed by atoms with Crippen molar-refractivity contribution in [3.05, 3.63) is 35.4 Å². The predicted octanol–water partition coefficient (Wildman–Crippen LogP) is 0.742. The van der Waals surface area contributed by atoms with Gasteiger partial charge in [0.25, 0.3) is 0 Å². The number of benzene rings is 1. The van der Waals surface area contributed by atoms with Gasteiger partial charge in [-0.05, 0) is 18.1 Å². The van der Waals surface area contributed by atoms with E-state index < -0.39 is 12.0 Å². The van der Waals surface area contributed by atoms with Crippen molar-refractivity contribution in [3.63, 3.8) is 0 Å². The molecule has 82 valence electrons. The van der Waals surface area contributed by atoms with Gasteiger partial charge < -0.3 is 15.5 Å². The monoisotopic (exact) mass is 209 g/mol. The van der Waals surface area contributed by atoms with Crippen LogP contribution in [-0.4, -0.2) is 22.2 Å². The van der Waals surface area contributed by atoms with Crippen molar-refractivity contribution >= 4 is 5.97 Å². The van der Waals surface area contributed by atoms with Crippen LogP contribution in [0.15, 0.2) is 24.3 Å². The normalized spacial score (nSPS) is 12.4. The molecule has 0 aromatic heterocycles. The number of hydrogen-bond acceptors (Lipinski definition) is 3. The lowest BCUT2D eigenvalue weighted by Gasteiger charge is -2.09. The van der Waals surface area contributed by atoms with Crippen molar-refractivity contribution in [1.82, 2.24) is 5.32 Å². The summed E-state index contributed by atoms with van der Waals surface area (Å²) in [5.41, 5.74) is 1.85. The Kier molecular flexibility index (Phi) is 4.27. The van der Waals surface area contributed by atoms with E-state index in [9.17, 15) is 4.79 Å². The average molecular weight is 209 g/mol. The van der Waals surface area contributed by atoms with Gasteiger partial charge in [0.15, 0.2) is 0 Å². The zero-order valence-electron chi connectivity index (χ0n) is 8.60. The molecule has 0 spiro atoms. The number of carbonyl (C=O) groups is 1. The first kappa shape index (κ1) is 11.7. The Labute approximate surface area is 88.6 Å². The first-order valence-corrected chi connectivity index (χ1v) is 4.78. The van der Waals surface area contributed by atoms with Crippen LogP contribution in [0, 0.1) is 0 Å². The maximum atomic E-state index is 10.5. The Hall–Kier alpha value is -1.39. The highest BCUT2D eigenvalue weighted by Crippen LogP contribution is 2.04. The number of hydrogen-bond donors (Lipinski definition) is 3. The standard InChI is InChI=1S/C11H15NO3/c1-8(11(14)15)12-6-9-2-4-10(7-13)5-3-9/h2-5,8,12-13H,6-7H2,1H3,(H,14,15)/t8-/m1/s1. The van der Waals surface area contributed by atoms with Gasteiger partial charge in [-0.15, -0.1) is 0 Å². The second-order valence-electron chi connectivity index (χ2n) is 3.42. The van der Waals surface area contributed by atoms with Gasteiger partial charge in [-0.2, -0.15) is 0 Å². The SMILES string of the molecule is C[C@@H](NCc1ccc(CO)cc1)C(=O)O. The molecule has 0 aliphatic heterocycles. The smallest absolute Gasteiger partial charge is 0.320 e. The minimum atomic E-state index is -0.859. The van der Waals surface area contributed by atoms with Gasteiger partial charge in [0, 0.05) is 6.54 Å². The second-order valence-corrected chi connectivity index (χ2v) is 3.42. The molecule has 3 N–H and O–H groups in total. The van der Waals surface area contributed by atoms with Crippen LogP contribution < -0.4 is 5.32 Å². The largest absolute Gasteiger partial charge is 0.480 e. The summed E-state index contributed by atoms with van der Waals surface area (Å²) in [4.78, 5) is 10.5. The number of carboxylic acids is 1. The quantitative estimate of drug-likeness (QED) is 0.669. The Morgan fingerprint density at radius 1 is 1.33 bits per heavy atom. The zero-order valence-corrected chi connectivity index (χ0v) is 8.60. The Morgan fingerprint density at radius 2 is 1.87 bits per heavy atom. The Balaban J connectivity index is 2.47. The number of nitrogens with one attached hydrogen (secondary N) is 1. The number of aliphatic hydroxyl groups excluding tert-OH is 1. The molecule has 4 nitrogen and oxygen atoms in total. The molecule has 1 atom stereocenters. The van der Waals surface area contributed by atoms with E-state index >= 15 is 0 Å². The summed E-state index contributed by atoms with van der Waals surface area (Å²) in [5.74, 6) is -0.859. The van der Waals surface area contributed by atoms with Gasteiger partial charge in [0.05, 0.1) is 6.61 Å². The fourth-order valence-corrected chi connectivity index (χ4v) is 1.12. The van der Waals surface area contributed by atoms with Crippen LogP contribution in [-0.2, 0) is 17.9 Å². The summed E-state index contributed by atoms with van der Waals surface area (Å²) in [6, 6.07) is 6.83. The first-order chi connectivity index (χ1) is 7.13. The highest BCUT2D eigenvalue weighted by molar-refractivity contribution is 5.72. The minimum Gasteiger partial charge on any atom is -0.480 e. The van der Waals surface area contributed by atoms with E-state index in [1.807, 2.05) is 24.3 Å². The lowest BCUT2D eigenvalue weighted by molar-refractivity contribution is -0.139. The lowest BCUT2D eigenvalue weighted by atomic mass is 10.1. The molecule has 0 amide bonds. The second kappa shape index (κ2) is 5.48. The fraction of sp³-hybridized carbons (Fsp3) is 0.364. The van der Waals surface area contributed by atoms with Crippen LogP contribution in [0.1, 0.15) is 18.1 Å². The molecule has 0 unspecified atom stereocenters. The molecule has 0 aliphatic rings. The summed E-state index contributed by atoms with van der Waals surface area (Å²) in [5, 5.41) is 20.3. The van der Waals surface area contributed by atoms with Crippen molar-refractivity contribution in [2.24, 2.45) is 0 Å². The lowest BCUT2D eigenvalue weighted by Crippen LogP contribution is -2.33.